The average Bonchev–Trinajstić information content (AvgIpc) is 3.63. The topological polar surface area (TPSA) is 127 Å². The van der Waals surface area contributed by atoms with Gasteiger partial charge in [-0.15, -0.1) is 11.3 Å². The molecule has 5 rings (SSSR count). The maximum absolute atomic E-state index is 14.5. The van der Waals surface area contributed by atoms with Crippen LogP contribution < -0.4 is 21.3 Å². The van der Waals surface area contributed by atoms with Crippen LogP contribution in [0, 0.1) is 6.92 Å². The fraction of sp³-hybridized carbons (Fsp3) is 0.484. The molecule has 1 aliphatic rings. The average molecular weight is 611 g/mol. The quantitative estimate of drug-likeness (QED) is 0.280. The number of carbonyl (C=O) groups is 1. The molecule has 1 fully saturated rings. The molecule has 1 amide bonds. The van der Waals surface area contributed by atoms with E-state index in [-0.39, 0.29) is 18.7 Å². The van der Waals surface area contributed by atoms with Crippen LogP contribution in [-0.2, 0) is 26.4 Å². The first-order valence-corrected chi connectivity index (χ1v) is 15.2. The van der Waals surface area contributed by atoms with Crippen LogP contribution in [0.3, 0.4) is 0 Å². The molecule has 1 aliphatic heterocycles. The number of rotatable bonds is 10. The van der Waals surface area contributed by atoms with Gasteiger partial charge in [-0.25, -0.2) is 14.3 Å². The molecule has 1 aromatic carbocycles. The maximum atomic E-state index is 14.5. The Morgan fingerprint density at radius 3 is 2.58 bits per heavy atom. The van der Waals surface area contributed by atoms with Crippen LogP contribution >= 0.6 is 11.3 Å². The number of aromatic nitrogens is 3. The minimum atomic E-state index is -1.49. The van der Waals surface area contributed by atoms with E-state index in [4.69, 9.17) is 18.6 Å². The highest BCUT2D eigenvalue weighted by Gasteiger charge is 2.36. The van der Waals surface area contributed by atoms with Gasteiger partial charge in [0.05, 0.1) is 36.2 Å². The van der Waals surface area contributed by atoms with Gasteiger partial charge in [0, 0.05) is 24.8 Å². The van der Waals surface area contributed by atoms with Crippen LogP contribution in [0.25, 0.3) is 21.0 Å². The lowest BCUT2D eigenvalue weighted by Crippen LogP contribution is -2.56. The summed E-state index contributed by atoms with van der Waals surface area (Å²) >= 11 is 1.25. The fourth-order valence-corrected chi connectivity index (χ4v) is 6.68. The highest BCUT2D eigenvalue weighted by Crippen LogP contribution is 2.37. The van der Waals surface area contributed by atoms with E-state index in [0.29, 0.717) is 58.4 Å². The van der Waals surface area contributed by atoms with Gasteiger partial charge >= 0.3 is 5.69 Å². The first kappa shape index (κ1) is 30.7. The van der Waals surface area contributed by atoms with Gasteiger partial charge in [0.15, 0.2) is 0 Å². The number of ether oxygens (including phenoxy) is 3. The number of hydrogen-bond acceptors (Lipinski definition) is 9. The summed E-state index contributed by atoms with van der Waals surface area (Å²) in [6, 6.07) is 7.35. The second-order valence-corrected chi connectivity index (χ2v) is 12.5. The van der Waals surface area contributed by atoms with Gasteiger partial charge in [-0.3, -0.25) is 14.2 Å². The van der Waals surface area contributed by atoms with Crippen LogP contribution in [0.4, 0.5) is 0 Å². The van der Waals surface area contributed by atoms with E-state index in [2.05, 4.69) is 10.3 Å². The molecular formula is C31H38N4O7S. The number of nitrogens with zero attached hydrogens (tertiary/aromatic N) is 3. The molecule has 230 valence electrons. The summed E-state index contributed by atoms with van der Waals surface area (Å²) in [7, 11) is 1.59. The number of aryl methyl sites for hydroxylation is 1. The molecule has 3 aromatic heterocycles. The lowest BCUT2D eigenvalue weighted by molar-refractivity contribution is -0.129. The van der Waals surface area contributed by atoms with E-state index >= 15 is 0 Å². The number of para-hydroxylation sites is 1. The molecule has 1 saturated heterocycles. The minimum Gasteiger partial charge on any atom is -0.496 e. The van der Waals surface area contributed by atoms with E-state index in [9.17, 15) is 14.4 Å². The number of hydrogen-bond donors (Lipinski definition) is 1. The molecule has 1 atom stereocenters. The van der Waals surface area contributed by atoms with Crippen LogP contribution in [-0.4, -0.2) is 52.5 Å². The number of nitrogens with one attached hydrogen (secondary N) is 1. The third-order valence-electron chi connectivity index (χ3n) is 7.73. The first-order chi connectivity index (χ1) is 20.5. The van der Waals surface area contributed by atoms with Crippen molar-refractivity contribution in [3.8, 4) is 16.5 Å². The number of amides is 1. The van der Waals surface area contributed by atoms with E-state index in [1.54, 1.807) is 32.4 Å². The molecule has 0 aliphatic carbocycles. The minimum absolute atomic E-state index is 0.0696. The number of benzene rings is 1. The summed E-state index contributed by atoms with van der Waals surface area (Å²) < 4.78 is 26.1. The molecule has 4 aromatic rings. The Morgan fingerprint density at radius 1 is 1.21 bits per heavy atom. The van der Waals surface area contributed by atoms with Crippen molar-refractivity contribution in [2.45, 2.75) is 77.8 Å². The summed E-state index contributed by atoms with van der Waals surface area (Å²) in [6.45, 7) is 9.86. The smallest absolute Gasteiger partial charge is 0.333 e. The molecular weight excluding hydrogens is 572 g/mol. The third kappa shape index (κ3) is 5.91. The van der Waals surface area contributed by atoms with Crippen molar-refractivity contribution >= 4 is 27.5 Å². The fourth-order valence-electron chi connectivity index (χ4n) is 5.44. The molecule has 1 N–H and O–H groups in total. The normalized spacial score (nSPS) is 15.2. The standard InChI is InChI=1S/C31H38N4O7S/c1-18(2)33-29(37)31(4,5)35-27(36)24-19(3)25(26-32-13-16-41-26)43-28(24)34(30(35)38)17-23(42-20-11-14-40-15-12-20)21-9-7-8-10-22(21)39-6/h7-10,13,16,18,20,23H,11-12,14-15,17H2,1-6H3,(H,33,37)/t23-/m0/s1. The van der Waals surface area contributed by atoms with Crippen LogP contribution in [0.5, 0.6) is 5.75 Å². The number of thiophene rings is 1. The van der Waals surface area contributed by atoms with E-state index in [1.807, 2.05) is 38.1 Å². The zero-order chi connectivity index (χ0) is 30.9. The van der Waals surface area contributed by atoms with Gasteiger partial charge in [-0.1, -0.05) is 18.2 Å². The molecule has 0 saturated carbocycles. The Kier molecular flexibility index (Phi) is 8.91. The van der Waals surface area contributed by atoms with E-state index < -0.39 is 28.8 Å². The Hall–Kier alpha value is -3.74. The second kappa shape index (κ2) is 12.5. The molecule has 4 heterocycles. The van der Waals surface area contributed by atoms with Crippen molar-refractivity contribution in [2.24, 2.45) is 0 Å². The van der Waals surface area contributed by atoms with Gasteiger partial charge in [-0.2, -0.15) is 0 Å². The Labute approximate surface area is 253 Å². The predicted octanol–water partition coefficient (Wildman–Crippen LogP) is 4.39. The zero-order valence-corrected chi connectivity index (χ0v) is 26.2. The number of fused-ring (bicyclic) bond motifs is 1. The summed E-state index contributed by atoms with van der Waals surface area (Å²) in [5, 5.41) is 3.19. The molecule has 0 bridgehead atoms. The first-order valence-electron chi connectivity index (χ1n) is 14.4. The summed E-state index contributed by atoms with van der Waals surface area (Å²) in [5.41, 5.74) is -1.27. The Balaban J connectivity index is 1.75. The third-order valence-corrected chi connectivity index (χ3v) is 9.04. The highest BCUT2D eigenvalue weighted by atomic mass is 32.1. The molecule has 0 radical (unpaired) electrons. The number of methoxy groups -OCH3 is 1. The monoisotopic (exact) mass is 610 g/mol. The Bertz CT molecular complexity index is 1710. The van der Waals surface area contributed by atoms with Gasteiger partial charge in [0.25, 0.3) is 5.56 Å². The second-order valence-electron chi connectivity index (χ2n) is 11.5. The van der Waals surface area contributed by atoms with Gasteiger partial charge in [0.1, 0.15) is 28.5 Å². The van der Waals surface area contributed by atoms with E-state index in [1.165, 1.54) is 23.8 Å². The van der Waals surface area contributed by atoms with Crippen LogP contribution in [0.15, 0.2) is 50.7 Å². The van der Waals surface area contributed by atoms with Crippen molar-refractivity contribution < 1.29 is 23.4 Å². The summed E-state index contributed by atoms with van der Waals surface area (Å²) in [5.74, 6) is 0.532. The maximum Gasteiger partial charge on any atom is 0.333 e. The largest absolute Gasteiger partial charge is 0.496 e. The highest BCUT2D eigenvalue weighted by molar-refractivity contribution is 7.22. The molecule has 12 heteroatoms. The van der Waals surface area contributed by atoms with Crippen molar-refractivity contribution in [3.05, 3.63) is 68.7 Å². The lowest BCUT2D eigenvalue weighted by Gasteiger charge is -2.30. The molecule has 11 nitrogen and oxygen atoms in total. The molecule has 0 spiro atoms. The summed E-state index contributed by atoms with van der Waals surface area (Å²) in [4.78, 5) is 47.4. The van der Waals surface area contributed by atoms with Crippen molar-refractivity contribution in [3.63, 3.8) is 0 Å². The molecule has 0 unspecified atom stereocenters. The SMILES string of the molecule is COc1ccccc1[C@H](Cn1c(=O)n(C(C)(C)C(=O)NC(C)C)c(=O)c2c(C)c(-c3ncco3)sc21)OC1CCOCC1. The lowest BCUT2D eigenvalue weighted by atomic mass is 10.0. The van der Waals surface area contributed by atoms with Crippen LogP contribution in [0.2, 0.25) is 0 Å². The van der Waals surface area contributed by atoms with Crippen molar-refractivity contribution in [2.75, 3.05) is 20.3 Å². The van der Waals surface area contributed by atoms with Gasteiger partial charge in [-0.05, 0) is 59.1 Å². The van der Waals surface area contributed by atoms with Crippen LogP contribution in [0.1, 0.15) is 57.8 Å². The molecule has 43 heavy (non-hydrogen) atoms. The number of oxazole rings is 1. The summed E-state index contributed by atoms with van der Waals surface area (Å²) in [6.07, 6.45) is 3.72. The number of carbonyl (C=O) groups excluding carboxylic acids is 1. The van der Waals surface area contributed by atoms with Crippen molar-refractivity contribution in [1.29, 1.82) is 0 Å². The predicted molar refractivity (Wildman–Crippen MR) is 164 cm³/mol. The Morgan fingerprint density at radius 2 is 1.93 bits per heavy atom. The van der Waals surface area contributed by atoms with Gasteiger partial charge in [0.2, 0.25) is 11.8 Å². The van der Waals surface area contributed by atoms with Crippen molar-refractivity contribution in [1.82, 2.24) is 19.4 Å². The van der Waals surface area contributed by atoms with Gasteiger partial charge < -0.3 is 23.9 Å². The van der Waals surface area contributed by atoms with E-state index in [0.717, 1.165) is 10.1 Å². The zero-order valence-electron chi connectivity index (χ0n) is 25.3.